The molecule has 1 aliphatic heterocycles. The van der Waals surface area contributed by atoms with Crippen LogP contribution >= 0.6 is 0 Å². The lowest BCUT2D eigenvalue weighted by Gasteiger charge is -2.33. The van der Waals surface area contributed by atoms with Crippen molar-refractivity contribution in [3.05, 3.63) is 22.8 Å². The number of rotatable bonds is 5. The van der Waals surface area contributed by atoms with Crippen LogP contribution in [0.25, 0.3) is 0 Å². The van der Waals surface area contributed by atoms with Crippen LogP contribution in [0.4, 0.5) is 0 Å². The summed E-state index contributed by atoms with van der Waals surface area (Å²) in [6, 6.07) is 0.514. The summed E-state index contributed by atoms with van der Waals surface area (Å²) in [5.41, 5.74) is 3.16. The molecule has 0 bridgehead atoms. The third-order valence-electron chi connectivity index (χ3n) is 4.29. The average Bonchev–Trinajstić information content (AvgIpc) is 2.42. The molecule has 4 heteroatoms. The first-order valence-corrected chi connectivity index (χ1v) is 8.14. The van der Waals surface area contributed by atoms with E-state index >= 15 is 0 Å². The zero-order valence-electron chi connectivity index (χ0n) is 14.1. The zero-order chi connectivity index (χ0) is 15.5. The highest BCUT2D eigenvalue weighted by Crippen LogP contribution is 2.33. The molecule has 0 spiro atoms. The quantitative estimate of drug-likeness (QED) is 0.906. The number of ether oxygens (including phenoxy) is 1. The lowest BCUT2D eigenvalue weighted by molar-refractivity contribution is -0.0762. The number of hydrogen-bond acceptors (Lipinski definition) is 4. The highest BCUT2D eigenvalue weighted by Gasteiger charge is 2.33. The van der Waals surface area contributed by atoms with Crippen molar-refractivity contribution in [2.75, 3.05) is 13.2 Å². The van der Waals surface area contributed by atoms with Crippen LogP contribution in [0.15, 0.2) is 0 Å². The average molecular weight is 291 g/mol. The Labute approximate surface area is 128 Å². The van der Waals surface area contributed by atoms with Gasteiger partial charge in [0.25, 0.3) is 0 Å². The highest BCUT2D eigenvalue weighted by molar-refractivity contribution is 5.26. The van der Waals surface area contributed by atoms with Crippen LogP contribution in [0, 0.1) is 13.8 Å². The van der Waals surface area contributed by atoms with E-state index < -0.39 is 0 Å². The van der Waals surface area contributed by atoms with E-state index in [9.17, 15) is 0 Å². The van der Waals surface area contributed by atoms with Crippen molar-refractivity contribution in [2.45, 2.75) is 71.9 Å². The summed E-state index contributed by atoms with van der Waals surface area (Å²) < 4.78 is 5.98. The van der Waals surface area contributed by atoms with Crippen molar-refractivity contribution in [1.29, 1.82) is 0 Å². The van der Waals surface area contributed by atoms with Gasteiger partial charge in [0.2, 0.25) is 0 Å². The van der Waals surface area contributed by atoms with Crippen molar-refractivity contribution in [1.82, 2.24) is 15.3 Å². The molecule has 1 aromatic rings. The Morgan fingerprint density at radius 1 is 1.19 bits per heavy atom. The van der Waals surface area contributed by atoms with Gasteiger partial charge in [-0.1, -0.05) is 13.8 Å². The van der Waals surface area contributed by atoms with E-state index in [-0.39, 0.29) is 5.60 Å². The predicted octanol–water partition coefficient (Wildman–Crippen LogP) is 3.05. The first kappa shape index (κ1) is 16.4. The molecule has 2 rings (SSSR count). The van der Waals surface area contributed by atoms with Gasteiger partial charge < -0.3 is 10.1 Å². The maximum atomic E-state index is 5.98. The minimum atomic E-state index is -0.303. The highest BCUT2D eigenvalue weighted by atomic mass is 16.5. The molecule has 1 unspecified atom stereocenters. The summed E-state index contributed by atoms with van der Waals surface area (Å²) >= 11 is 0. The standard InChI is InChI=1S/C17H29N3O/c1-12(2)18-10-8-15-13(3)19-16(20-14(15)4)17(5)9-6-7-11-21-17/h12,18H,6-11H2,1-5H3. The minimum absolute atomic E-state index is 0.303. The maximum Gasteiger partial charge on any atom is 0.160 e. The Morgan fingerprint density at radius 2 is 1.86 bits per heavy atom. The number of aryl methyl sites for hydroxylation is 2. The van der Waals surface area contributed by atoms with Crippen LogP contribution in [0.1, 0.15) is 62.8 Å². The summed E-state index contributed by atoms with van der Waals surface area (Å²) in [6.45, 7) is 12.4. The fourth-order valence-electron chi connectivity index (χ4n) is 2.93. The van der Waals surface area contributed by atoms with Gasteiger partial charge in [-0.05, 0) is 58.6 Å². The van der Waals surface area contributed by atoms with E-state index in [0.29, 0.717) is 6.04 Å². The number of nitrogens with zero attached hydrogens (tertiary/aromatic N) is 2. The minimum Gasteiger partial charge on any atom is -0.367 e. The third-order valence-corrected chi connectivity index (χ3v) is 4.29. The lowest BCUT2D eigenvalue weighted by atomic mass is 9.94. The SMILES string of the molecule is Cc1nc(C2(C)CCCCO2)nc(C)c1CCNC(C)C. The molecule has 1 N–H and O–H groups in total. The Kier molecular flexibility index (Phi) is 5.33. The molecule has 1 fully saturated rings. The summed E-state index contributed by atoms with van der Waals surface area (Å²) in [4.78, 5) is 9.53. The van der Waals surface area contributed by atoms with Crippen molar-refractivity contribution in [3.63, 3.8) is 0 Å². The van der Waals surface area contributed by atoms with Gasteiger partial charge >= 0.3 is 0 Å². The topological polar surface area (TPSA) is 47.0 Å². The molecule has 21 heavy (non-hydrogen) atoms. The monoisotopic (exact) mass is 291 g/mol. The summed E-state index contributed by atoms with van der Waals surface area (Å²) in [7, 11) is 0. The second-order valence-electron chi connectivity index (χ2n) is 6.59. The molecule has 0 amide bonds. The largest absolute Gasteiger partial charge is 0.367 e. The Bertz CT molecular complexity index is 456. The van der Waals surface area contributed by atoms with Crippen molar-refractivity contribution in [3.8, 4) is 0 Å². The molecule has 0 aromatic carbocycles. The third kappa shape index (κ3) is 4.01. The van der Waals surface area contributed by atoms with Gasteiger partial charge in [-0.2, -0.15) is 0 Å². The van der Waals surface area contributed by atoms with E-state index in [2.05, 4.69) is 39.9 Å². The first-order chi connectivity index (χ1) is 9.92. The Hall–Kier alpha value is -1.00. The van der Waals surface area contributed by atoms with Crippen molar-refractivity contribution >= 4 is 0 Å². The van der Waals surface area contributed by atoms with Crippen LogP contribution in [-0.4, -0.2) is 29.2 Å². The van der Waals surface area contributed by atoms with E-state index in [1.165, 1.54) is 12.0 Å². The molecule has 0 saturated carbocycles. The van der Waals surface area contributed by atoms with Gasteiger partial charge in [0.15, 0.2) is 5.82 Å². The van der Waals surface area contributed by atoms with Gasteiger partial charge in [0.05, 0.1) is 0 Å². The molecule has 118 valence electrons. The zero-order valence-corrected chi connectivity index (χ0v) is 14.1. The lowest BCUT2D eigenvalue weighted by Crippen LogP contribution is -2.33. The van der Waals surface area contributed by atoms with Crippen LogP contribution < -0.4 is 5.32 Å². The molecule has 1 aliphatic rings. The second kappa shape index (κ2) is 6.84. The fourth-order valence-corrected chi connectivity index (χ4v) is 2.93. The Balaban J connectivity index is 2.16. The van der Waals surface area contributed by atoms with Crippen LogP contribution in [0.5, 0.6) is 0 Å². The predicted molar refractivity (Wildman–Crippen MR) is 85.5 cm³/mol. The molecule has 1 atom stereocenters. The Morgan fingerprint density at radius 3 is 2.38 bits per heavy atom. The summed E-state index contributed by atoms with van der Waals surface area (Å²) in [6.07, 6.45) is 4.33. The van der Waals surface area contributed by atoms with E-state index in [1.54, 1.807) is 0 Å². The molecule has 1 aromatic heterocycles. The summed E-state index contributed by atoms with van der Waals surface area (Å²) in [5, 5.41) is 3.45. The molecule has 2 heterocycles. The maximum absolute atomic E-state index is 5.98. The molecule has 1 saturated heterocycles. The first-order valence-electron chi connectivity index (χ1n) is 8.14. The molecule has 0 aliphatic carbocycles. The fraction of sp³-hybridized carbons (Fsp3) is 0.765. The van der Waals surface area contributed by atoms with Gasteiger partial charge in [-0.15, -0.1) is 0 Å². The molecule has 4 nitrogen and oxygen atoms in total. The van der Waals surface area contributed by atoms with Gasteiger partial charge in [-0.3, -0.25) is 0 Å². The van der Waals surface area contributed by atoms with Gasteiger partial charge in [-0.25, -0.2) is 9.97 Å². The molecular formula is C17H29N3O. The second-order valence-corrected chi connectivity index (χ2v) is 6.59. The van der Waals surface area contributed by atoms with Gasteiger partial charge in [0.1, 0.15) is 5.60 Å². The van der Waals surface area contributed by atoms with Crippen LogP contribution in [-0.2, 0) is 16.8 Å². The van der Waals surface area contributed by atoms with Crippen LogP contribution in [0.2, 0.25) is 0 Å². The van der Waals surface area contributed by atoms with E-state index in [0.717, 1.165) is 49.6 Å². The smallest absolute Gasteiger partial charge is 0.160 e. The van der Waals surface area contributed by atoms with Crippen LogP contribution in [0.3, 0.4) is 0 Å². The normalized spacial score (nSPS) is 22.8. The van der Waals surface area contributed by atoms with Gasteiger partial charge in [0, 0.05) is 24.0 Å². The van der Waals surface area contributed by atoms with Crippen molar-refractivity contribution in [2.24, 2.45) is 0 Å². The number of nitrogens with one attached hydrogen (secondary N) is 1. The summed E-state index contributed by atoms with van der Waals surface area (Å²) in [5.74, 6) is 0.859. The van der Waals surface area contributed by atoms with E-state index in [4.69, 9.17) is 14.7 Å². The number of aromatic nitrogens is 2. The van der Waals surface area contributed by atoms with E-state index in [1.807, 2.05) is 0 Å². The molecular weight excluding hydrogens is 262 g/mol. The van der Waals surface area contributed by atoms with Crippen molar-refractivity contribution < 1.29 is 4.74 Å². The molecule has 0 radical (unpaired) electrons. The number of hydrogen-bond donors (Lipinski definition) is 1.